The van der Waals surface area contributed by atoms with Crippen LogP contribution in [-0.4, -0.2) is 28.2 Å². The van der Waals surface area contributed by atoms with Gasteiger partial charge in [0.05, 0.1) is 33.1 Å². The van der Waals surface area contributed by atoms with Crippen molar-refractivity contribution in [3.8, 4) is 11.4 Å². The third-order valence-electron chi connectivity index (χ3n) is 25.1. The maximum absolute atomic E-state index is 6.40. The average Bonchev–Trinajstić information content (AvgIpc) is 1.57. The first-order valence-electron chi connectivity index (χ1n) is 42.6. The average molecular weight is 1700 g/mol. The van der Waals surface area contributed by atoms with E-state index in [1.807, 2.05) is 47.7 Å². The van der Waals surface area contributed by atoms with Gasteiger partial charge in [-0.15, -0.1) is 11.3 Å². The fourth-order valence-corrected chi connectivity index (χ4v) is 23.0. The number of para-hydroxylation sites is 9. The van der Waals surface area contributed by atoms with Gasteiger partial charge in [0.25, 0.3) is 0 Å². The van der Waals surface area contributed by atoms with Crippen molar-refractivity contribution in [2.45, 2.75) is 0 Å². The Balaban J connectivity index is 0.000000104. The number of rotatable bonds is 11. The van der Waals surface area contributed by atoms with Crippen LogP contribution in [0, 0.1) is 0 Å². The number of aryl methyl sites for hydroxylation is 1. The summed E-state index contributed by atoms with van der Waals surface area (Å²) in [5.41, 5.74) is 24.7. The second-order valence-electron chi connectivity index (χ2n) is 32.3. The molecular weight excluding hydrogens is 1620 g/mol. The molecule has 0 unspecified atom stereocenters. The van der Waals surface area contributed by atoms with Crippen molar-refractivity contribution < 1.29 is 13.3 Å². The minimum atomic E-state index is 0.337. The van der Waals surface area contributed by atoms with E-state index in [9.17, 15) is 0 Å². The predicted octanol–water partition coefficient (Wildman–Crippen LogP) is 32.7. The molecule has 9 nitrogen and oxygen atoms in total. The minimum Gasteiger partial charge on any atom is -0.456 e. The number of benzene rings is 19. The molecule has 19 aromatic carbocycles. The number of hydrogen-bond donors (Lipinski definition) is 0. The van der Waals surface area contributed by atoms with E-state index in [0.717, 1.165) is 117 Å². The molecule has 8 heterocycles. The van der Waals surface area contributed by atoms with Gasteiger partial charge in [0.1, 0.15) is 33.5 Å². The molecule has 0 aliphatic rings. The number of hydrogen-bond acceptors (Lipinski definition) is 7. The van der Waals surface area contributed by atoms with Gasteiger partial charge in [-0.25, -0.2) is 0 Å². The van der Waals surface area contributed by atoms with Crippen LogP contribution >= 0.6 is 11.3 Å². The molecule has 0 bridgehead atoms. The van der Waals surface area contributed by atoms with Gasteiger partial charge in [-0.1, -0.05) is 170 Å². The standard InChI is InChI=1S/C42H26N2O2.C42H26N2OS.C31H22N2Se/c1-2-11-27(12-3-1)44-35-16-7-4-13-30(35)31-23-21-28(25-37(31)44)43(29-22-24-33-32-14-5-8-18-38(32)46-41(33)26-29)36-17-10-20-40-42(36)34-15-6-9-19-39(34)45-40;1-2-10-27(11-3-1)44-37-15-7-4-12-31(37)32-21-18-29(25-38(32)44)43(28-20-23-40-36(24-28)33-13-5-8-16-39(33)45-40)30-19-22-35-34-14-6-9-17-41(34)46-42(35)26-30;1-32-28-13-7-5-11-24(28)25-17-15-22(19-29(25)32)33(21-9-3-2-4-10-21)23-16-18-27-26-12-6-8-14-30(26)34-31(27)20-23/h2*1-26H;2-20H,1H3. The summed E-state index contributed by atoms with van der Waals surface area (Å²) in [6.07, 6.45) is 0. The van der Waals surface area contributed by atoms with E-state index in [0.29, 0.717) is 14.5 Å². The van der Waals surface area contributed by atoms with Crippen molar-refractivity contribution in [1.82, 2.24) is 13.7 Å². The first kappa shape index (κ1) is 72.9. The Kier molecular flexibility index (Phi) is 17.2. The van der Waals surface area contributed by atoms with E-state index in [2.05, 4.69) is 430 Å². The summed E-state index contributed by atoms with van der Waals surface area (Å²) in [4.78, 5) is 7.11. The number of thiophene rings is 1. The second-order valence-corrected chi connectivity index (χ2v) is 35.6. The minimum absolute atomic E-state index is 0.337. The Bertz CT molecular complexity index is 9000. The molecule has 594 valence electrons. The Morgan fingerprint density at radius 1 is 0.214 bits per heavy atom. The van der Waals surface area contributed by atoms with E-state index < -0.39 is 0 Å². The summed E-state index contributed by atoms with van der Waals surface area (Å²) >= 11 is 2.19. The topological polar surface area (TPSA) is 63.9 Å². The van der Waals surface area contributed by atoms with E-state index in [1.165, 1.54) is 116 Å². The predicted molar refractivity (Wildman–Crippen MR) is 533 cm³/mol. The van der Waals surface area contributed by atoms with Gasteiger partial charge in [0.2, 0.25) is 0 Å². The van der Waals surface area contributed by atoms with Gasteiger partial charge in [-0.3, -0.25) is 0 Å². The van der Waals surface area contributed by atoms with E-state index in [-0.39, 0.29) is 0 Å². The second kappa shape index (κ2) is 29.7. The molecule has 0 aliphatic carbocycles. The number of fused-ring (bicyclic) bond motifs is 24. The van der Waals surface area contributed by atoms with Gasteiger partial charge < -0.3 is 32.2 Å². The Hall–Kier alpha value is -15.9. The quantitative estimate of drug-likeness (QED) is 0.120. The number of anilines is 9. The third kappa shape index (κ3) is 12.0. The van der Waals surface area contributed by atoms with Crippen LogP contribution in [0.25, 0.3) is 182 Å². The van der Waals surface area contributed by atoms with E-state index in [1.54, 1.807) is 0 Å². The van der Waals surface area contributed by atoms with Gasteiger partial charge >= 0.3 is 204 Å². The van der Waals surface area contributed by atoms with Crippen molar-refractivity contribution in [3.63, 3.8) is 0 Å². The van der Waals surface area contributed by atoms with Crippen LogP contribution < -0.4 is 14.7 Å². The summed E-state index contributed by atoms with van der Waals surface area (Å²) in [6.45, 7) is 0. The van der Waals surface area contributed by atoms with Crippen molar-refractivity contribution in [2.75, 3.05) is 14.7 Å². The normalized spacial score (nSPS) is 11.8. The van der Waals surface area contributed by atoms with Crippen LogP contribution in [0.15, 0.2) is 444 Å². The molecule has 0 fully saturated rings. The summed E-state index contributed by atoms with van der Waals surface area (Å²) in [7, 11) is 2.16. The summed E-state index contributed by atoms with van der Waals surface area (Å²) in [5.74, 6) is 0. The van der Waals surface area contributed by atoms with Crippen LogP contribution in [0.3, 0.4) is 0 Å². The van der Waals surface area contributed by atoms with Crippen LogP contribution in [-0.2, 0) is 7.05 Å². The first-order valence-corrected chi connectivity index (χ1v) is 45.1. The van der Waals surface area contributed by atoms with Gasteiger partial charge in [0.15, 0.2) is 0 Å². The third-order valence-corrected chi connectivity index (χ3v) is 28.6. The zero-order chi connectivity index (χ0) is 83.0. The first-order chi connectivity index (χ1) is 62.4. The van der Waals surface area contributed by atoms with Gasteiger partial charge in [-0.05, 0) is 140 Å². The number of aromatic nitrogens is 3. The Morgan fingerprint density at radius 3 is 1.25 bits per heavy atom. The molecule has 11 heteroatoms. The molecule has 0 saturated carbocycles. The summed E-state index contributed by atoms with van der Waals surface area (Å²) < 4.78 is 31.6. The van der Waals surface area contributed by atoms with E-state index >= 15 is 0 Å². The molecule has 0 spiro atoms. The number of furan rings is 3. The maximum Gasteiger partial charge on any atom is 0.137 e. The van der Waals surface area contributed by atoms with Crippen molar-refractivity contribution in [2.24, 2.45) is 7.05 Å². The van der Waals surface area contributed by atoms with Gasteiger partial charge in [0, 0.05) is 115 Å². The Labute approximate surface area is 733 Å². The molecule has 0 radical (unpaired) electrons. The molecule has 0 N–H and O–H groups in total. The van der Waals surface area contributed by atoms with Crippen molar-refractivity contribution in [1.29, 1.82) is 0 Å². The van der Waals surface area contributed by atoms with Gasteiger partial charge in [-0.2, -0.15) is 0 Å². The van der Waals surface area contributed by atoms with Crippen LogP contribution in [0.1, 0.15) is 0 Å². The summed E-state index contributed by atoms with van der Waals surface area (Å²) in [6, 6.07) is 154. The zero-order valence-electron chi connectivity index (χ0n) is 68.2. The fourth-order valence-electron chi connectivity index (χ4n) is 19.4. The smallest absolute Gasteiger partial charge is 0.137 e. The molecule has 0 amide bonds. The molecule has 27 aromatic rings. The van der Waals surface area contributed by atoms with Crippen LogP contribution in [0.2, 0.25) is 0 Å². The van der Waals surface area contributed by atoms with Crippen LogP contribution in [0.4, 0.5) is 51.2 Å². The summed E-state index contributed by atoms with van der Waals surface area (Å²) in [5, 5.41) is 19.5. The maximum atomic E-state index is 6.40. The van der Waals surface area contributed by atoms with Crippen LogP contribution in [0.5, 0.6) is 0 Å². The monoisotopic (exact) mass is 1700 g/mol. The molecule has 126 heavy (non-hydrogen) atoms. The molecule has 0 saturated heterocycles. The largest absolute Gasteiger partial charge is 0.456 e. The molecule has 0 aliphatic heterocycles. The van der Waals surface area contributed by atoms with Crippen molar-refractivity contribution >= 4 is 248 Å². The number of nitrogens with zero attached hydrogens (tertiary/aromatic N) is 6. The molecule has 27 rings (SSSR count). The zero-order valence-corrected chi connectivity index (χ0v) is 70.7. The SMILES string of the molecule is Cn1c2ccccc2c2ccc(N(c3ccccc3)c3ccc4c(c3)[se]c3ccccc34)cc21.c1ccc(-n2c3ccccc3c3ccc(N(c4ccc5c(c4)oc4ccccc45)c4cccc5oc6ccccc6c45)cc32)cc1.c1ccc(-n2c3ccccc3c3ccc(N(c4ccc5c(c4)sc4ccccc45)c4ccc5oc6ccccc6c5c4)cc32)cc1. The van der Waals surface area contributed by atoms with Crippen molar-refractivity contribution in [3.05, 3.63) is 431 Å². The Morgan fingerprint density at radius 2 is 0.595 bits per heavy atom. The molecule has 0 atom stereocenters. The van der Waals surface area contributed by atoms with E-state index in [4.69, 9.17) is 13.3 Å². The molecular formula is C115H74N6O3SSe. The molecule has 8 aromatic heterocycles. The fraction of sp³-hybridized carbons (Fsp3) is 0.00870.